The van der Waals surface area contributed by atoms with E-state index >= 15 is 0 Å². The predicted octanol–water partition coefficient (Wildman–Crippen LogP) is 22.9. The molecule has 0 aromatic heterocycles. The second kappa shape index (κ2) is 67.1. The van der Waals surface area contributed by atoms with Gasteiger partial charge in [0.05, 0.1) is 0 Å². The van der Waals surface area contributed by atoms with Gasteiger partial charge in [0, 0.05) is 19.3 Å². The highest BCUT2D eigenvalue weighted by Gasteiger charge is 2.19. The Bertz CT molecular complexity index is 1700. The van der Waals surface area contributed by atoms with Crippen molar-refractivity contribution in [2.75, 3.05) is 13.2 Å². The van der Waals surface area contributed by atoms with Crippen LogP contribution >= 0.6 is 0 Å². The van der Waals surface area contributed by atoms with E-state index in [4.69, 9.17) is 14.2 Å². The van der Waals surface area contributed by atoms with Crippen molar-refractivity contribution >= 4 is 17.9 Å². The molecule has 1 atom stereocenters. The minimum Gasteiger partial charge on any atom is -0.462 e. The molecule has 0 bridgehead atoms. The van der Waals surface area contributed by atoms with Gasteiger partial charge in [-0.05, 0) is 116 Å². The van der Waals surface area contributed by atoms with E-state index in [0.717, 1.165) is 148 Å². The Kier molecular flexibility index (Phi) is 63.3. The zero-order valence-electron chi connectivity index (χ0n) is 52.0. The van der Waals surface area contributed by atoms with Crippen LogP contribution in [0.25, 0.3) is 0 Å². The third-order valence-electron chi connectivity index (χ3n) is 13.9. The van der Waals surface area contributed by atoms with Gasteiger partial charge in [-0.25, -0.2) is 0 Å². The number of carbonyl (C=O) groups is 3. The minimum absolute atomic E-state index is 0.0879. The smallest absolute Gasteiger partial charge is 0.306 e. The maximum atomic E-state index is 12.9. The van der Waals surface area contributed by atoms with Gasteiger partial charge >= 0.3 is 17.9 Å². The lowest BCUT2D eigenvalue weighted by atomic mass is 10.0. The number of rotatable bonds is 59. The van der Waals surface area contributed by atoms with Crippen LogP contribution < -0.4 is 0 Å². The number of unbranched alkanes of at least 4 members (excludes halogenated alkanes) is 26. The largest absolute Gasteiger partial charge is 0.462 e. The van der Waals surface area contributed by atoms with Gasteiger partial charge in [0.2, 0.25) is 0 Å². The predicted molar refractivity (Wildman–Crippen MR) is 348 cm³/mol. The lowest BCUT2D eigenvalue weighted by Gasteiger charge is -2.18. The molecule has 454 valence electrons. The maximum Gasteiger partial charge on any atom is 0.306 e. The Morgan fingerprint density at radius 1 is 0.263 bits per heavy atom. The summed E-state index contributed by atoms with van der Waals surface area (Å²) in [7, 11) is 0. The summed E-state index contributed by atoms with van der Waals surface area (Å²) < 4.78 is 16.9. The molecule has 0 aliphatic heterocycles. The Morgan fingerprint density at radius 3 is 0.762 bits per heavy atom. The van der Waals surface area contributed by atoms with Gasteiger partial charge in [0.25, 0.3) is 0 Å². The van der Waals surface area contributed by atoms with Crippen LogP contribution in [0.2, 0.25) is 0 Å². The standard InChI is InChI=1S/C74H122O6/c1-4-7-10-13-16-19-22-25-27-29-31-33-34-35-36-37-38-39-40-42-43-45-47-49-52-55-58-61-64-67-73(76)79-70-71(69-78-72(75)66-63-60-57-54-51-24-21-18-15-12-9-6-3)80-74(77)68-65-62-59-56-53-50-48-46-44-41-32-30-28-26-23-20-17-14-11-8-5-2/h7-8,10-11,16-17,19-20,25-28,31-33,35-36,38-39,41,46,48,71H,4-6,9,12-15,18,21-24,29-30,34,37,40,42-45,47,49-70H2,1-3H3/b10-7-,11-8-,19-16-,20-17-,27-25-,28-26-,33-31-,36-35-,39-38-,41-32-,48-46-. The van der Waals surface area contributed by atoms with Crippen LogP contribution in [0.1, 0.15) is 297 Å². The molecule has 0 spiro atoms. The summed E-state index contributed by atoms with van der Waals surface area (Å²) in [6, 6.07) is 0. The zero-order valence-corrected chi connectivity index (χ0v) is 52.0. The normalized spacial score (nSPS) is 13.0. The highest BCUT2D eigenvalue weighted by atomic mass is 16.6. The lowest BCUT2D eigenvalue weighted by molar-refractivity contribution is -0.167. The maximum absolute atomic E-state index is 12.9. The molecule has 80 heavy (non-hydrogen) atoms. The molecule has 0 saturated heterocycles. The van der Waals surface area contributed by atoms with Crippen molar-refractivity contribution in [3.05, 3.63) is 134 Å². The SMILES string of the molecule is CC/C=C\C/C=C\C/C=C\C/C=C\C/C=C\C/C=C\CCCCCCCCCCCCC(=O)OCC(COC(=O)CCCCCCCCCCCCCC)OC(=O)CCCCCCC/C=C\C/C=C\C/C=C\C/C=C\C/C=C\CC. The van der Waals surface area contributed by atoms with E-state index in [1.165, 1.54) is 109 Å². The van der Waals surface area contributed by atoms with Crippen LogP contribution in [0.5, 0.6) is 0 Å². The Morgan fingerprint density at radius 2 is 0.487 bits per heavy atom. The first-order valence-corrected chi connectivity index (χ1v) is 33.2. The topological polar surface area (TPSA) is 78.9 Å². The third-order valence-corrected chi connectivity index (χ3v) is 13.9. The van der Waals surface area contributed by atoms with Crippen molar-refractivity contribution in [1.29, 1.82) is 0 Å². The van der Waals surface area contributed by atoms with Gasteiger partial charge < -0.3 is 14.2 Å². The molecule has 0 rings (SSSR count). The highest BCUT2D eigenvalue weighted by molar-refractivity contribution is 5.71. The quantitative estimate of drug-likeness (QED) is 0.0261. The molecule has 1 unspecified atom stereocenters. The molecule has 0 aromatic rings. The number of hydrogen-bond acceptors (Lipinski definition) is 6. The van der Waals surface area contributed by atoms with Crippen LogP contribution in [0.4, 0.5) is 0 Å². The average molecular weight is 1110 g/mol. The number of hydrogen-bond donors (Lipinski definition) is 0. The van der Waals surface area contributed by atoms with E-state index in [1.807, 2.05) is 0 Å². The summed E-state index contributed by atoms with van der Waals surface area (Å²) in [6.07, 6.45) is 94.6. The van der Waals surface area contributed by atoms with Crippen LogP contribution in [0.3, 0.4) is 0 Å². The summed E-state index contributed by atoms with van der Waals surface area (Å²) in [5, 5.41) is 0. The Balaban J connectivity index is 4.33. The lowest BCUT2D eigenvalue weighted by Crippen LogP contribution is -2.30. The van der Waals surface area contributed by atoms with Gasteiger partial charge in [0.1, 0.15) is 13.2 Å². The molecule has 0 fully saturated rings. The van der Waals surface area contributed by atoms with E-state index < -0.39 is 6.10 Å². The second-order valence-electron chi connectivity index (χ2n) is 21.6. The van der Waals surface area contributed by atoms with E-state index in [2.05, 4.69) is 154 Å². The fraction of sp³-hybridized carbons (Fsp3) is 0.662. The molecule has 0 saturated carbocycles. The summed E-state index contributed by atoms with van der Waals surface area (Å²) in [4.78, 5) is 38.3. The molecular formula is C74H122O6. The molecule has 0 aromatic carbocycles. The van der Waals surface area contributed by atoms with Gasteiger partial charge in [-0.1, -0.05) is 296 Å². The molecular weight excluding hydrogens is 985 g/mol. The fourth-order valence-electron chi connectivity index (χ4n) is 9.00. The summed E-state index contributed by atoms with van der Waals surface area (Å²) in [5.74, 6) is -0.906. The molecule has 6 nitrogen and oxygen atoms in total. The molecule has 0 N–H and O–H groups in total. The average Bonchev–Trinajstić information content (AvgIpc) is 3.46. The summed E-state index contributed by atoms with van der Waals surface area (Å²) in [6.45, 7) is 6.40. The van der Waals surface area contributed by atoms with Crippen molar-refractivity contribution in [3.63, 3.8) is 0 Å². The highest BCUT2D eigenvalue weighted by Crippen LogP contribution is 2.16. The number of esters is 3. The van der Waals surface area contributed by atoms with Gasteiger partial charge in [-0.3, -0.25) is 14.4 Å². The zero-order chi connectivity index (χ0) is 57.8. The van der Waals surface area contributed by atoms with E-state index in [9.17, 15) is 14.4 Å². The molecule has 0 heterocycles. The fourth-order valence-corrected chi connectivity index (χ4v) is 9.00. The first kappa shape index (κ1) is 75.5. The van der Waals surface area contributed by atoms with E-state index in [1.54, 1.807) is 0 Å². The number of ether oxygens (including phenoxy) is 3. The van der Waals surface area contributed by atoms with Gasteiger partial charge in [-0.15, -0.1) is 0 Å². The second-order valence-corrected chi connectivity index (χ2v) is 21.6. The number of carbonyl (C=O) groups excluding carboxylic acids is 3. The monoisotopic (exact) mass is 1110 g/mol. The first-order chi connectivity index (χ1) is 39.5. The molecule has 0 aliphatic rings. The van der Waals surface area contributed by atoms with Crippen molar-refractivity contribution in [1.82, 2.24) is 0 Å². The molecule has 0 amide bonds. The summed E-state index contributed by atoms with van der Waals surface area (Å²) in [5.41, 5.74) is 0. The first-order valence-electron chi connectivity index (χ1n) is 33.2. The van der Waals surface area contributed by atoms with E-state index in [-0.39, 0.29) is 31.1 Å². The Labute approximate surface area is 494 Å². The number of allylic oxidation sites excluding steroid dienone is 22. The van der Waals surface area contributed by atoms with Crippen molar-refractivity contribution in [2.45, 2.75) is 303 Å². The third kappa shape index (κ3) is 64.4. The van der Waals surface area contributed by atoms with Crippen LogP contribution in [0.15, 0.2) is 134 Å². The van der Waals surface area contributed by atoms with Crippen LogP contribution in [0, 0.1) is 0 Å². The van der Waals surface area contributed by atoms with Crippen molar-refractivity contribution in [3.8, 4) is 0 Å². The van der Waals surface area contributed by atoms with Gasteiger partial charge in [-0.2, -0.15) is 0 Å². The molecule has 0 aliphatic carbocycles. The molecule has 0 radical (unpaired) electrons. The minimum atomic E-state index is -0.794. The van der Waals surface area contributed by atoms with Crippen LogP contribution in [-0.4, -0.2) is 37.2 Å². The van der Waals surface area contributed by atoms with Crippen LogP contribution in [-0.2, 0) is 28.6 Å². The summed E-state index contributed by atoms with van der Waals surface area (Å²) >= 11 is 0. The van der Waals surface area contributed by atoms with Crippen molar-refractivity contribution in [2.24, 2.45) is 0 Å². The Hall–Kier alpha value is -4.45. The molecule has 6 heteroatoms. The van der Waals surface area contributed by atoms with Gasteiger partial charge in [0.15, 0.2) is 6.10 Å². The van der Waals surface area contributed by atoms with Crippen molar-refractivity contribution < 1.29 is 28.6 Å². The van der Waals surface area contributed by atoms with E-state index in [0.29, 0.717) is 19.3 Å².